The molecule has 1 aliphatic heterocycles. The number of aromatic amines is 1. The van der Waals surface area contributed by atoms with Gasteiger partial charge in [-0.1, -0.05) is 20.8 Å². The molecule has 0 bridgehead atoms. The molecule has 0 aromatic carbocycles. The van der Waals surface area contributed by atoms with Gasteiger partial charge in [-0.05, 0) is 49.9 Å². The smallest absolute Gasteiger partial charge is 0.246 e. The standard InChI is InChI=1S/C22H33N5O3/c1-13(23-5)20(29)26-18(22(2,3)4)21(30)27-10-8-17(28)16(27)11-14-12-25-19-15(14)7-6-9-24-19/h6-7,9,12-13,16-18,23,28H,8,10-11H2,1-5H3,(H,24,25)(H,26,29). The number of H-pyrrole nitrogens is 1. The van der Waals surface area contributed by atoms with Crippen molar-refractivity contribution in [1.29, 1.82) is 0 Å². The number of aliphatic hydroxyl groups is 1. The van der Waals surface area contributed by atoms with Gasteiger partial charge in [0, 0.05) is 24.3 Å². The first-order valence-electron chi connectivity index (χ1n) is 10.5. The number of nitrogens with zero attached hydrogens (tertiary/aromatic N) is 2. The Bertz CT molecular complexity index is 904. The molecule has 0 radical (unpaired) electrons. The van der Waals surface area contributed by atoms with Crippen LogP contribution in [-0.2, 0) is 16.0 Å². The van der Waals surface area contributed by atoms with Gasteiger partial charge in [0.2, 0.25) is 11.8 Å². The summed E-state index contributed by atoms with van der Waals surface area (Å²) in [5, 5.41) is 17.5. The number of carbonyl (C=O) groups is 2. The van der Waals surface area contributed by atoms with E-state index in [1.54, 1.807) is 25.1 Å². The molecule has 8 nitrogen and oxygen atoms in total. The van der Waals surface area contributed by atoms with Gasteiger partial charge in [-0.3, -0.25) is 9.59 Å². The fourth-order valence-corrected chi connectivity index (χ4v) is 3.98. The highest BCUT2D eigenvalue weighted by atomic mass is 16.3. The molecule has 4 N–H and O–H groups in total. The lowest BCUT2D eigenvalue weighted by Gasteiger charge is -2.36. The minimum absolute atomic E-state index is 0.154. The quantitative estimate of drug-likeness (QED) is 0.567. The Hall–Kier alpha value is -2.45. The Labute approximate surface area is 177 Å². The maximum Gasteiger partial charge on any atom is 0.246 e. The van der Waals surface area contributed by atoms with Gasteiger partial charge in [-0.25, -0.2) is 4.98 Å². The minimum Gasteiger partial charge on any atom is -0.391 e. The molecule has 164 valence electrons. The second kappa shape index (κ2) is 8.73. The summed E-state index contributed by atoms with van der Waals surface area (Å²) in [4.78, 5) is 35.2. The lowest BCUT2D eigenvalue weighted by atomic mass is 9.85. The lowest BCUT2D eigenvalue weighted by molar-refractivity contribution is -0.141. The van der Waals surface area contributed by atoms with Crippen molar-refractivity contribution in [2.75, 3.05) is 13.6 Å². The summed E-state index contributed by atoms with van der Waals surface area (Å²) < 4.78 is 0. The van der Waals surface area contributed by atoms with Crippen LogP contribution < -0.4 is 10.6 Å². The fraction of sp³-hybridized carbons (Fsp3) is 0.591. The first-order valence-corrected chi connectivity index (χ1v) is 10.5. The largest absolute Gasteiger partial charge is 0.391 e. The summed E-state index contributed by atoms with van der Waals surface area (Å²) in [6.07, 6.45) is 4.06. The number of likely N-dealkylation sites (tertiary alicyclic amines) is 1. The SMILES string of the molecule is CNC(C)C(=O)NC(C(=O)N1CCC(O)C1Cc1c[nH]c2ncccc12)C(C)(C)C. The average Bonchev–Trinajstić information content (AvgIpc) is 3.28. The van der Waals surface area contributed by atoms with E-state index >= 15 is 0 Å². The van der Waals surface area contributed by atoms with E-state index in [2.05, 4.69) is 20.6 Å². The van der Waals surface area contributed by atoms with Gasteiger partial charge in [0.25, 0.3) is 0 Å². The third kappa shape index (κ3) is 4.49. The van der Waals surface area contributed by atoms with E-state index in [1.807, 2.05) is 39.1 Å². The number of aromatic nitrogens is 2. The lowest BCUT2D eigenvalue weighted by Crippen LogP contribution is -2.58. The third-order valence-electron chi connectivity index (χ3n) is 5.99. The molecule has 2 aromatic heterocycles. The van der Waals surface area contributed by atoms with Gasteiger partial charge in [-0.2, -0.15) is 0 Å². The number of fused-ring (bicyclic) bond motifs is 1. The summed E-state index contributed by atoms with van der Waals surface area (Å²) >= 11 is 0. The van der Waals surface area contributed by atoms with E-state index in [1.165, 1.54) is 0 Å². The summed E-state index contributed by atoms with van der Waals surface area (Å²) in [6.45, 7) is 8.04. The van der Waals surface area contributed by atoms with Crippen LogP contribution in [0.5, 0.6) is 0 Å². The fourth-order valence-electron chi connectivity index (χ4n) is 3.98. The van der Waals surface area contributed by atoms with E-state index < -0.39 is 23.6 Å². The summed E-state index contributed by atoms with van der Waals surface area (Å²) in [7, 11) is 1.71. The molecule has 2 aromatic rings. The van der Waals surface area contributed by atoms with Crippen LogP contribution in [0.4, 0.5) is 0 Å². The predicted molar refractivity (Wildman–Crippen MR) is 116 cm³/mol. The van der Waals surface area contributed by atoms with Gasteiger partial charge in [-0.15, -0.1) is 0 Å². The Morgan fingerprint density at radius 2 is 2.13 bits per heavy atom. The molecule has 1 aliphatic rings. The van der Waals surface area contributed by atoms with Crippen molar-refractivity contribution in [2.45, 2.75) is 64.8 Å². The number of likely N-dealkylation sites (N-methyl/N-ethyl adjacent to an activating group) is 1. The molecule has 4 unspecified atom stereocenters. The van der Waals surface area contributed by atoms with Crippen molar-refractivity contribution < 1.29 is 14.7 Å². The second-order valence-corrected chi connectivity index (χ2v) is 9.19. The van der Waals surface area contributed by atoms with Crippen molar-refractivity contribution in [2.24, 2.45) is 5.41 Å². The van der Waals surface area contributed by atoms with Crippen LogP contribution >= 0.6 is 0 Å². The van der Waals surface area contributed by atoms with Crippen LogP contribution in [0.1, 0.15) is 39.7 Å². The van der Waals surface area contributed by atoms with Crippen LogP contribution in [-0.4, -0.2) is 69.6 Å². The van der Waals surface area contributed by atoms with Crippen molar-refractivity contribution in [1.82, 2.24) is 25.5 Å². The van der Waals surface area contributed by atoms with Crippen LogP contribution in [0.2, 0.25) is 0 Å². The molecule has 4 atom stereocenters. The number of pyridine rings is 1. The van der Waals surface area contributed by atoms with Gasteiger partial charge in [0.15, 0.2) is 0 Å². The maximum atomic E-state index is 13.5. The minimum atomic E-state index is -0.682. The van der Waals surface area contributed by atoms with E-state index in [4.69, 9.17) is 0 Å². The van der Waals surface area contributed by atoms with Crippen molar-refractivity contribution in [3.63, 3.8) is 0 Å². The predicted octanol–water partition coefficient (Wildman–Crippen LogP) is 1.21. The van der Waals surface area contributed by atoms with Gasteiger partial charge >= 0.3 is 0 Å². The van der Waals surface area contributed by atoms with Crippen LogP contribution in [0.15, 0.2) is 24.5 Å². The monoisotopic (exact) mass is 415 g/mol. The zero-order valence-corrected chi connectivity index (χ0v) is 18.4. The maximum absolute atomic E-state index is 13.5. The molecular formula is C22H33N5O3. The Morgan fingerprint density at radius 1 is 1.40 bits per heavy atom. The summed E-state index contributed by atoms with van der Waals surface area (Å²) in [5.41, 5.74) is 1.34. The van der Waals surface area contributed by atoms with E-state index in [0.29, 0.717) is 19.4 Å². The van der Waals surface area contributed by atoms with Gasteiger partial charge in [0.05, 0.1) is 18.2 Å². The zero-order chi connectivity index (χ0) is 22.1. The van der Waals surface area contributed by atoms with Crippen molar-refractivity contribution in [3.05, 3.63) is 30.1 Å². The highest BCUT2D eigenvalue weighted by molar-refractivity contribution is 5.90. The first-order chi connectivity index (χ1) is 14.1. The highest BCUT2D eigenvalue weighted by Gasteiger charge is 2.43. The topological polar surface area (TPSA) is 110 Å². The molecule has 8 heteroatoms. The van der Waals surface area contributed by atoms with Gasteiger partial charge in [0.1, 0.15) is 11.7 Å². The first kappa shape index (κ1) is 22.2. The molecule has 30 heavy (non-hydrogen) atoms. The summed E-state index contributed by atoms with van der Waals surface area (Å²) in [5.74, 6) is -0.372. The van der Waals surface area contributed by atoms with E-state index in [9.17, 15) is 14.7 Å². The number of rotatable bonds is 6. The molecule has 0 saturated carbocycles. The van der Waals surface area contributed by atoms with E-state index in [0.717, 1.165) is 16.6 Å². The molecule has 3 heterocycles. The molecule has 2 amide bonds. The molecule has 3 rings (SSSR count). The van der Waals surface area contributed by atoms with E-state index in [-0.39, 0.29) is 17.9 Å². The number of aliphatic hydroxyl groups excluding tert-OH is 1. The molecule has 0 spiro atoms. The van der Waals surface area contributed by atoms with Gasteiger partial charge < -0.3 is 25.6 Å². The Kier molecular flexibility index (Phi) is 6.47. The van der Waals surface area contributed by atoms with Crippen LogP contribution in [0, 0.1) is 5.41 Å². The number of hydrogen-bond acceptors (Lipinski definition) is 5. The Balaban J connectivity index is 1.83. The molecular weight excluding hydrogens is 382 g/mol. The summed E-state index contributed by atoms with van der Waals surface area (Å²) in [6, 6.07) is 2.43. The number of amides is 2. The van der Waals surface area contributed by atoms with Crippen LogP contribution in [0.3, 0.4) is 0 Å². The number of carbonyl (C=O) groups excluding carboxylic acids is 2. The Morgan fingerprint density at radius 3 is 2.80 bits per heavy atom. The number of hydrogen-bond donors (Lipinski definition) is 4. The average molecular weight is 416 g/mol. The normalized spacial score (nSPS) is 21.6. The molecule has 1 fully saturated rings. The van der Waals surface area contributed by atoms with Crippen LogP contribution in [0.25, 0.3) is 11.0 Å². The zero-order valence-electron chi connectivity index (χ0n) is 18.4. The highest BCUT2D eigenvalue weighted by Crippen LogP contribution is 2.29. The number of nitrogens with one attached hydrogen (secondary N) is 3. The molecule has 1 saturated heterocycles. The molecule has 0 aliphatic carbocycles. The van der Waals surface area contributed by atoms with Crippen molar-refractivity contribution >= 4 is 22.8 Å². The second-order valence-electron chi connectivity index (χ2n) is 9.19. The van der Waals surface area contributed by atoms with Crippen molar-refractivity contribution in [3.8, 4) is 0 Å². The third-order valence-corrected chi connectivity index (χ3v) is 5.99.